The van der Waals surface area contributed by atoms with Crippen molar-refractivity contribution in [3.8, 4) is 0 Å². The number of carboxylic acid groups (broad SMARTS) is 1. The third kappa shape index (κ3) is 2.42. The maximum Gasteiger partial charge on any atom is 0.325 e. The van der Waals surface area contributed by atoms with Crippen molar-refractivity contribution >= 4 is 17.7 Å². The van der Waals surface area contributed by atoms with Crippen LogP contribution in [0.15, 0.2) is 0 Å². The van der Waals surface area contributed by atoms with Crippen molar-refractivity contribution in [1.82, 2.24) is 5.32 Å². The summed E-state index contributed by atoms with van der Waals surface area (Å²) >= 11 is 1.61. The Bertz CT molecular complexity index is 206. The molecule has 1 saturated carbocycles. The van der Waals surface area contributed by atoms with E-state index in [4.69, 9.17) is 0 Å². The summed E-state index contributed by atoms with van der Waals surface area (Å²) in [7, 11) is 0. The third-order valence-corrected chi connectivity index (χ3v) is 3.46. The first-order valence-electron chi connectivity index (χ1n) is 5.14. The van der Waals surface area contributed by atoms with Gasteiger partial charge in [0.25, 0.3) is 0 Å². The Morgan fingerprint density at radius 3 is 2.64 bits per heavy atom. The first kappa shape index (κ1) is 11.9. The van der Waals surface area contributed by atoms with Gasteiger partial charge in [-0.3, -0.25) is 4.79 Å². The lowest BCUT2D eigenvalue weighted by Crippen LogP contribution is -2.56. The van der Waals surface area contributed by atoms with Gasteiger partial charge in [0.2, 0.25) is 0 Å². The molecule has 0 aromatic carbocycles. The molecule has 0 spiro atoms. The molecule has 1 fully saturated rings. The largest absolute Gasteiger partial charge is 0.480 e. The average Bonchev–Trinajstić information content (AvgIpc) is 2.95. The van der Waals surface area contributed by atoms with Crippen LogP contribution in [0, 0.1) is 5.92 Å². The summed E-state index contributed by atoms with van der Waals surface area (Å²) in [5.74, 6) is 0.342. The van der Waals surface area contributed by atoms with Gasteiger partial charge in [0, 0.05) is 5.75 Å². The minimum Gasteiger partial charge on any atom is -0.480 e. The number of aliphatic carboxylic acids is 1. The summed E-state index contributed by atoms with van der Waals surface area (Å²) in [6.07, 6.45) is 5.07. The lowest BCUT2D eigenvalue weighted by molar-refractivity contribution is -0.144. The van der Waals surface area contributed by atoms with E-state index in [9.17, 15) is 9.90 Å². The topological polar surface area (TPSA) is 49.3 Å². The molecule has 1 rings (SSSR count). The Morgan fingerprint density at radius 1 is 1.64 bits per heavy atom. The highest BCUT2D eigenvalue weighted by Crippen LogP contribution is 2.41. The van der Waals surface area contributed by atoms with Crippen LogP contribution in [-0.4, -0.2) is 35.2 Å². The molecule has 3 nitrogen and oxygen atoms in total. The van der Waals surface area contributed by atoms with E-state index in [0.717, 1.165) is 25.8 Å². The molecule has 0 aromatic rings. The maximum absolute atomic E-state index is 11.3. The Labute approximate surface area is 89.6 Å². The smallest absolute Gasteiger partial charge is 0.325 e. The molecule has 0 heterocycles. The molecular formula is C10H19NO2S. The molecule has 82 valence electrons. The van der Waals surface area contributed by atoms with Crippen molar-refractivity contribution in [3.63, 3.8) is 0 Å². The monoisotopic (exact) mass is 217 g/mol. The van der Waals surface area contributed by atoms with Gasteiger partial charge in [-0.05, 0) is 38.0 Å². The van der Waals surface area contributed by atoms with Gasteiger partial charge in [0.1, 0.15) is 5.54 Å². The summed E-state index contributed by atoms with van der Waals surface area (Å²) < 4.78 is 0. The highest BCUT2D eigenvalue weighted by Gasteiger charge is 2.50. The SMILES string of the molecule is CCCNC(CSC)(C(=O)O)C1CC1. The van der Waals surface area contributed by atoms with Crippen molar-refractivity contribution < 1.29 is 9.90 Å². The summed E-state index contributed by atoms with van der Waals surface area (Å²) in [5.41, 5.74) is -0.657. The zero-order valence-corrected chi connectivity index (χ0v) is 9.69. The van der Waals surface area contributed by atoms with Gasteiger partial charge >= 0.3 is 5.97 Å². The zero-order chi connectivity index (χ0) is 10.6. The van der Waals surface area contributed by atoms with Gasteiger partial charge in [-0.2, -0.15) is 11.8 Å². The molecule has 1 unspecified atom stereocenters. The fraction of sp³-hybridized carbons (Fsp3) is 0.900. The summed E-state index contributed by atoms with van der Waals surface area (Å²) in [5, 5.41) is 12.5. The Kier molecular flexibility index (Phi) is 4.26. The van der Waals surface area contributed by atoms with Gasteiger partial charge in [-0.15, -0.1) is 0 Å². The number of carbonyl (C=O) groups is 1. The van der Waals surface area contributed by atoms with E-state index < -0.39 is 11.5 Å². The second-order valence-electron chi connectivity index (χ2n) is 3.91. The van der Waals surface area contributed by atoms with E-state index in [1.807, 2.05) is 6.26 Å². The summed E-state index contributed by atoms with van der Waals surface area (Å²) in [4.78, 5) is 11.3. The molecule has 0 aromatic heterocycles. The van der Waals surface area contributed by atoms with Gasteiger partial charge in [-0.25, -0.2) is 0 Å². The third-order valence-electron chi connectivity index (χ3n) is 2.72. The molecule has 4 heteroatoms. The summed E-state index contributed by atoms with van der Waals surface area (Å²) in [6.45, 7) is 2.86. The van der Waals surface area contributed by atoms with Crippen LogP contribution >= 0.6 is 11.8 Å². The zero-order valence-electron chi connectivity index (χ0n) is 8.88. The van der Waals surface area contributed by atoms with E-state index in [1.54, 1.807) is 11.8 Å². The fourth-order valence-corrected chi connectivity index (χ4v) is 2.69. The van der Waals surface area contributed by atoms with Crippen LogP contribution in [0.2, 0.25) is 0 Å². The van der Waals surface area contributed by atoms with Crippen molar-refractivity contribution in [1.29, 1.82) is 0 Å². The van der Waals surface area contributed by atoms with Crippen molar-refractivity contribution in [3.05, 3.63) is 0 Å². The average molecular weight is 217 g/mol. The quantitative estimate of drug-likeness (QED) is 0.680. The molecule has 0 radical (unpaired) electrons. The molecule has 14 heavy (non-hydrogen) atoms. The highest BCUT2D eigenvalue weighted by atomic mass is 32.2. The van der Waals surface area contributed by atoms with Gasteiger partial charge in [0.15, 0.2) is 0 Å². The second kappa shape index (κ2) is 5.03. The molecule has 0 bridgehead atoms. The van der Waals surface area contributed by atoms with Crippen molar-refractivity contribution in [2.75, 3.05) is 18.6 Å². The first-order chi connectivity index (χ1) is 6.67. The minimum absolute atomic E-state index is 0.346. The van der Waals surface area contributed by atoms with Crippen LogP contribution in [0.3, 0.4) is 0 Å². The Hall–Kier alpha value is -0.220. The Morgan fingerprint density at radius 2 is 2.29 bits per heavy atom. The molecule has 0 aliphatic heterocycles. The molecule has 1 aliphatic rings. The van der Waals surface area contributed by atoms with E-state index in [1.165, 1.54) is 0 Å². The van der Waals surface area contributed by atoms with Gasteiger partial charge in [0.05, 0.1) is 0 Å². The van der Waals surface area contributed by atoms with E-state index in [0.29, 0.717) is 11.7 Å². The van der Waals surface area contributed by atoms with Crippen LogP contribution in [0.5, 0.6) is 0 Å². The molecule has 1 atom stereocenters. The fourth-order valence-electron chi connectivity index (χ4n) is 1.78. The predicted molar refractivity (Wildman–Crippen MR) is 59.8 cm³/mol. The molecule has 2 N–H and O–H groups in total. The minimum atomic E-state index is -0.678. The van der Waals surface area contributed by atoms with Crippen molar-refractivity contribution in [2.24, 2.45) is 5.92 Å². The lowest BCUT2D eigenvalue weighted by Gasteiger charge is -2.30. The van der Waals surface area contributed by atoms with Crippen molar-refractivity contribution in [2.45, 2.75) is 31.7 Å². The standard InChI is InChI=1S/C10H19NO2S/c1-3-6-11-10(7-14-2,9(12)13)8-4-5-8/h8,11H,3-7H2,1-2H3,(H,12,13). The van der Waals surface area contributed by atoms with E-state index >= 15 is 0 Å². The number of rotatable bonds is 7. The number of nitrogens with one attached hydrogen (secondary N) is 1. The van der Waals surface area contributed by atoms with Crippen LogP contribution in [0.25, 0.3) is 0 Å². The highest BCUT2D eigenvalue weighted by molar-refractivity contribution is 7.98. The van der Waals surface area contributed by atoms with E-state index in [2.05, 4.69) is 12.2 Å². The lowest BCUT2D eigenvalue weighted by atomic mass is 9.95. The maximum atomic E-state index is 11.3. The summed E-state index contributed by atoms with van der Waals surface area (Å²) in [6, 6.07) is 0. The molecule has 0 saturated heterocycles. The van der Waals surface area contributed by atoms with E-state index in [-0.39, 0.29) is 0 Å². The first-order valence-corrected chi connectivity index (χ1v) is 6.54. The molecule has 0 amide bonds. The van der Waals surface area contributed by atoms with Gasteiger partial charge < -0.3 is 10.4 Å². The van der Waals surface area contributed by atoms with Crippen LogP contribution in [0.4, 0.5) is 0 Å². The molecule has 1 aliphatic carbocycles. The van der Waals surface area contributed by atoms with Crippen LogP contribution in [-0.2, 0) is 4.79 Å². The van der Waals surface area contributed by atoms with Crippen LogP contribution < -0.4 is 5.32 Å². The normalized spacial score (nSPS) is 20.4. The number of thioether (sulfide) groups is 1. The number of hydrogen-bond acceptors (Lipinski definition) is 3. The number of hydrogen-bond donors (Lipinski definition) is 2. The van der Waals surface area contributed by atoms with Crippen LogP contribution in [0.1, 0.15) is 26.2 Å². The molecular weight excluding hydrogens is 198 g/mol. The number of carboxylic acids is 1. The predicted octanol–water partition coefficient (Wildman–Crippen LogP) is 1.58. The second-order valence-corrected chi connectivity index (χ2v) is 4.78. The Balaban J connectivity index is 2.67. The van der Waals surface area contributed by atoms with Gasteiger partial charge in [-0.1, -0.05) is 6.92 Å².